The number of carbonyl (C=O) groups is 2. The van der Waals surface area contributed by atoms with Gasteiger partial charge in [0.2, 0.25) is 0 Å². The third-order valence-electron chi connectivity index (χ3n) is 6.37. The molecule has 1 aromatic carbocycles. The molecule has 0 bridgehead atoms. The number of ether oxygens (including phenoxy) is 2. The molecule has 212 valence electrons. The fraction of sp³-hybridized carbons (Fsp3) is 0.724. The molecule has 0 fully saturated rings. The van der Waals surface area contributed by atoms with Crippen molar-refractivity contribution in [3.8, 4) is 0 Å². The smallest absolute Gasteiger partial charge is 0.748 e. The molecule has 0 amide bonds. The number of rotatable bonds is 23. The van der Waals surface area contributed by atoms with Crippen LogP contribution in [0, 0.1) is 0 Å². The van der Waals surface area contributed by atoms with Gasteiger partial charge in [-0.25, -0.2) is 18.0 Å². The van der Waals surface area contributed by atoms with Crippen molar-refractivity contribution in [2.45, 2.75) is 116 Å². The van der Waals surface area contributed by atoms with Gasteiger partial charge in [-0.3, -0.25) is 0 Å². The summed E-state index contributed by atoms with van der Waals surface area (Å²) in [7, 11) is -4.35. The van der Waals surface area contributed by atoms with Crippen molar-refractivity contribution < 1.29 is 83.4 Å². The van der Waals surface area contributed by atoms with E-state index in [4.69, 9.17) is 9.47 Å². The third-order valence-corrected chi connectivity index (χ3v) is 7.16. The summed E-state index contributed by atoms with van der Waals surface area (Å²) in [5.74, 6) is -1.95. The molecule has 7 nitrogen and oxygen atoms in total. The molecule has 0 N–H and O–H groups in total. The normalized spacial score (nSPS) is 11.1. The van der Waals surface area contributed by atoms with Gasteiger partial charge in [0.25, 0.3) is 0 Å². The Morgan fingerprint density at radius 1 is 0.632 bits per heavy atom. The zero-order valence-electron chi connectivity index (χ0n) is 23.7. The minimum absolute atomic E-state index is 0. The summed E-state index contributed by atoms with van der Waals surface area (Å²) in [6.45, 7) is 2.33. The molecule has 1 rings (SSSR count). The Hall–Kier alpha value is -0.294. The van der Waals surface area contributed by atoms with E-state index in [-0.39, 0.29) is 75.5 Å². The van der Waals surface area contributed by atoms with Crippen LogP contribution >= 0.6 is 0 Å². The van der Waals surface area contributed by atoms with Gasteiger partial charge in [0.05, 0.1) is 34.5 Å². The molecular formula is C29H47KO7S. The summed E-state index contributed by atoms with van der Waals surface area (Å²) in [4.78, 5) is 24.7. The average Bonchev–Trinajstić information content (AvgIpc) is 2.87. The van der Waals surface area contributed by atoms with Crippen LogP contribution in [0.15, 0.2) is 24.3 Å². The van der Waals surface area contributed by atoms with Crippen LogP contribution in [-0.4, -0.2) is 43.9 Å². The summed E-state index contributed by atoms with van der Waals surface area (Å²) in [6, 6.07) is 6.18. The molecule has 9 heteroatoms. The van der Waals surface area contributed by atoms with Crippen LogP contribution in [0.2, 0.25) is 0 Å². The molecule has 0 radical (unpaired) electrons. The Kier molecular flexibility index (Phi) is 24.3. The van der Waals surface area contributed by atoms with E-state index in [1.165, 1.54) is 95.6 Å². The van der Waals surface area contributed by atoms with E-state index in [9.17, 15) is 22.6 Å². The van der Waals surface area contributed by atoms with Crippen LogP contribution in [0.4, 0.5) is 0 Å². The maximum Gasteiger partial charge on any atom is 1.00 e. The molecular weight excluding hydrogens is 531 g/mol. The number of esters is 2. The van der Waals surface area contributed by atoms with Gasteiger partial charge in [0.15, 0.2) is 0 Å². The monoisotopic (exact) mass is 578 g/mol. The van der Waals surface area contributed by atoms with Gasteiger partial charge in [-0.2, -0.15) is 0 Å². The quantitative estimate of drug-likeness (QED) is 0.0828. The van der Waals surface area contributed by atoms with E-state index < -0.39 is 27.8 Å². The first-order valence-electron chi connectivity index (χ1n) is 14.2. The topological polar surface area (TPSA) is 110 Å². The molecule has 1 aromatic rings. The van der Waals surface area contributed by atoms with E-state index >= 15 is 0 Å². The molecule has 0 aliphatic carbocycles. The van der Waals surface area contributed by atoms with Crippen LogP contribution in [0.3, 0.4) is 0 Å². The van der Waals surface area contributed by atoms with Crippen LogP contribution in [0.5, 0.6) is 0 Å². The van der Waals surface area contributed by atoms with Gasteiger partial charge >= 0.3 is 63.3 Å². The molecule has 0 aliphatic heterocycles. The zero-order chi connectivity index (χ0) is 27.2. The fourth-order valence-corrected chi connectivity index (χ4v) is 4.68. The molecule has 0 heterocycles. The van der Waals surface area contributed by atoms with Crippen molar-refractivity contribution in [2.24, 2.45) is 0 Å². The Labute approximate surface area is 273 Å². The number of carbonyl (C=O) groups excluding carboxylic acids is 2. The Bertz CT molecular complexity index is 858. The molecule has 0 unspecified atom stereocenters. The summed E-state index contributed by atoms with van der Waals surface area (Å²) in [6.07, 6.45) is 20.3. The fourth-order valence-electron chi connectivity index (χ4n) is 4.21. The molecule has 38 heavy (non-hydrogen) atoms. The SMILES string of the molecule is CCCCCCCCCCCCCCCCCCOC(=O)c1ccccc1C(=O)OCCCS(=O)(=O)[O-].[K+]. The maximum atomic E-state index is 12.4. The Morgan fingerprint density at radius 2 is 0.974 bits per heavy atom. The van der Waals surface area contributed by atoms with Crippen molar-refractivity contribution in [1.29, 1.82) is 0 Å². The standard InChI is InChI=1S/C29H48O7S.K/c1-2-3-4-5-6-7-8-9-10-11-12-13-14-15-16-19-23-35-28(30)26-21-17-18-22-27(26)29(31)36-24-20-25-37(32,33)34;/h17-18,21-22H,2-16,19-20,23-25H2,1H3,(H,32,33,34);/q;+1/p-1. The van der Waals surface area contributed by atoms with Gasteiger partial charge in [-0.05, 0) is 25.0 Å². The van der Waals surface area contributed by atoms with E-state index in [2.05, 4.69) is 6.92 Å². The second kappa shape index (κ2) is 24.5. The minimum Gasteiger partial charge on any atom is -0.748 e. The van der Waals surface area contributed by atoms with Gasteiger partial charge in [0, 0.05) is 5.75 Å². The molecule has 0 aliphatic rings. The summed E-state index contributed by atoms with van der Waals surface area (Å²) < 4.78 is 42.2. The maximum absolute atomic E-state index is 12.4. The molecule has 0 atom stereocenters. The molecule has 0 spiro atoms. The summed E-state index contributed by atoms with van der Waals surface area (Å²) in [5.41, 5.74) is 0.171. The van der Waals surface area contributed by atoms with Crippen LogP contribution in [-0.2, 0) is 19.6 Å². The molecule has 0 saturated heterocycles. The summed E-state index contributed by atoms with van der Waals surface area (Å²) >= 11 is 0. The van der Waals surface area contributed by atoms with Crippen molar-refractivity contribution in [2.75, 3.05) is 19.0 Å². The van der Waals surface area contributed by atoms with Crippen LogP contribution < -0.4 is 51.4 Å². The van der Waals surface area contributed by atoms with Gasteiger partial charge < -0.3 is 14.0 Å². The van der Waals surface area contributed by atoms with Gasteiger partial charge in [-0.15, -0.1) is 0 Å². The van der Waals surface area contributed by atoms with E-state index in [1.54, 1.807) is 12.1 Å². The average molecular weight is 579 g/mol. The molecule has 0 saturated carbocycles. The van der Waals surface area contributed by atoms with Gasteiger partial charge in [-0.1, -0.05) is 115 Å². The van der Waals surface area contributed by atoms with Crippen molar-refractivity contribution in [1.82, 2.24) is 0 Å². The Morgan fingerprint density at radius 3 is 1.34 bits per heavy atom. The van der Waals surface area contributed by atoms with Crippen molar-refractivity contribution in [3.63, 3.8) is 0 Å². The van der Waals surface area contributed by atoms with Crippen LogP contribution in [0.25, 0.3) is 0 Å². The first-order chi connectivity index (χ1) is 17.8. The number of unbranched alkanes of at least 4 members (excludes halogenated alkanes) is 15. The number of hydrogen-bond acceptors (Lipinski definition) is 7. The first kappa shape index (κ1) is 37.7. The van der Waals surface area contributed by atoms with Crippen LogP contribution in [0.1, 0.15) is 137 Å². The van der Waals surface area contributed by atoms with Gasteiger partial charge in [0.1, 0.15) is 0 Å². The minimum atomic E-state index is -4.35. The van der Waals surface area contributed by atoms with Crippen molar-refractivity contribution >= 4 is 22.1 Å². The van der Waals surface area contributed by atoms with E-state index in [1.807, 2.05) is 0 Å². The third kappa shape index (κ3) is 20.6. The second-order valence-corrected chi connectivity index (χ2v) is 11.3. The Balaban J connectivity index is 0.0000137. The molecule has 0 aromatic heterocycles. The second-order valence-electron chi connectivity index (χ2n) is 9.74. The van der Waals surface area contributed by atoms with E-state index in [0.29, 0.717) is 6.61 Å². The number of hydrogen-bond donors (Lipinski definition) is 0. The van der Waals surface area contributed by atoms with Crippen molar-refractivity contribution in [3.05, 3.63) is 35.4 Å². The first-order valence-corrected chi connectivity index (χ1v) is 15.8. The predicted octanol–water partition coefficient (Wildman–Crippen LogP) is 4.20. The number of benzene rings is 1. The zero-order valence-corrected chi connectivity index (χ0v) is 27.7. The largest absolute Gasteiger partial charge is 1.00 e. The van der Waals surface area contributed by atoms with E-state index in [0.717, 1.165) is 19.3 Å². The summed E-state index contributed by atoms with van der Waals surface area (Å²) in [5, 5.41) is 0. The predicted molar refractivity (Wildman–Crippen MR) is 146 cm³/mol.